The maximum Gasteiger partial charge on any atom is 0.433 e. The molecule has 0 radical (unpaired) electrons. The molecule has 0 saturated carbocycles. The molecule has 1 fully saturated rings. The van der Waals surface area contributed by atoms with E-state index in [-0.39, 0.29) is 45.8 Å². The number of fused-ring (bicyclic) bond motifs is 1. The van der Waals surface area contributed by atoms with Gasteiger partial charge in [0.1, 0.15) is 5.56 Å². The predicted octanol–water partition coefficient (Wildman–Crippen LogP) is 4.21. The van der Waals surface area contributed by atoms with Crippen molar-refractivity contribution in [1.29, 1.82) is 0 Å². The average Bonchev–Trinajstić information content (AvgIpc) is 3.60. The van der Waals surface area contributed by atoms with Crippen LogP contribution in [-0.2, 0) is 22.4 Å². The van der Waals surface area contributed by atoms with Crippen molar-refractivity contribution < 1.29 is 44.7 Å². The number of halogens is 6. The third-order valence-electron chi connectivity index (χ3n) is 6.19. The molecular weight excluding hydrogens is 602 g/mol. The van der Waals surface area contributed by atoms with Crippen LogP contribution >= 0.6 is 11.3 Å². The normalized spacial score (nSPS) is 16.9. The second-order valence-electron chi connectivity index (χ2n) is 9.04. The van der Waals surface area contributed by atoms with Gasteiger partial charge in [-0.3, -0.25) is 10.1 Å². The third-order valence-corrected chi connectivity index (χ3v) is 9.71. The lowest BCUT2D eigenvalue weighted by molar-refractivity contribution is -0.142. The number of hydrogen-bond acceptors (Lipinski definition) is 8. The molecule has 0 aliphatic carbocycles. The molecule has 1 aromatic carbocycles. The van der Waals surface area contributed by atoms with E-state index in [4.69, 9.17) is 0 Å². The first kappa shape index (κ1) is 28.9. The Morgan fingerprint density at radius 2 is 1.78 bits per heavy atom. The highest BCUT2D eigenvalue weighted by Crippen LogP contribution is 2.35. The number of thiazole rings is 1. The molecule has 218 valence electrons. The number of aryl methyl sites for hydroxylation is 1. The molecule has 1 aliphatic rings. The van der Waals surface area contributed by atoms with E-state index >= 15 is 0 Å². The number of anilines is 1. The largest absolute Gasteiger partial charge is 0.433 e. The number of aliphatic hydroxyl groups is 1. The Balaban J connectivity index is 1.50. The van der Waals surface area contributed by atoms with Gasteiger partial charge in [0.05, 0.1) is 29.3 Å². The molecule has 4 aromatic rings. The number of aliphatic hydroxyl groups excluding tert-OH is 1. The molecule has 5 rings (SSSR count). The fourth-order valence-electron chi connectivity index (χ4n) is 4.19. The average molecular weight is 621 g/mol. The first-order valence-electron chi connectivity index (χ1n) is 11.7. The molecule has 1 atom stereocenters. The van der Waals surface area contributed by atoms with Gasteiger partial charge in [-0.15, -0.1) is 0 Å². The predicted molar refractivity (Wildman–Crippen MR) is 133 cm³/mol. The smallest absolute Gasteiger partial charge is 0.392 e. The van der Waals surface area contributed by atoms with E-state index in [2.05, 4.69) is 20.4 Å². The van der Waals surface area contributed by atoms with E-state index in [1.165, 1.54) is 6.92 Å². The Labute approximate surface area is 231 Å². The summed E-state index contributed by atoms with van der Waals surface area (Å²) in [5.41, 5.74) is -3.68. The molecular formula is C23H18F6N6O4S2. The van der Waals surface area contributed by atoms with Gasteiger partial charge in [-0.05, 0) is 31.5 Å². The van der Waals surface area contributed by atoms with Crippen LogP contribution in [0.2, 0.25) is 0 Å². The van der Waals surface area contributed by atoms with Gasteiger partial charge in [0.2, 0.25) is 0 Å². The van der Waals surface area contributed by atoms with E-state index in [9.17, 15) is 44.7 Å². The molecule has 4 heterocycles. The number of nitrogens with one attached hydrogen (secondary N) is 1. The molecule has 1 aliphatic heterocycles. The third kappa shape index (κ3) is 5.51. The summed E-state index contributed by atoms with van der Waals surface area (Å²) in [7, 11) is -4.02. The van der Waals surface area contributed by atoms with Crippen molar-refractivity contribution in [1.82, 2.24) is 23.9 Å². The van der Waals surface area contributed by atoms with Gasteiger partial charge in [-0.2, -0.15) is 35.7 Å². The van der Waals surface area contributed by atoms with Crippen LogP contribution in [0.25, 0.3) is 16.9 Å². The van der Waals surface area contributed by atoms with E-state index in [1.54, 1.807) is 0 Å². The Kier molecular flexibility index (Phi) is 7.07. The van der Waals surface area contributed by atoms with E-state index < -0.39 is 56.9 Å². The Hall–Kier alpha value is -3.61. The Morgan fingerprint density at radius 1 is 1.10 bits per heavy atom. The lowest BCUT2D eigenvalue weighted by Gasteiger charge is -2.14. The topological polar surface area (TPSA) is 130 Å². The molecule has 10 nitrogen and oxygen atoms in total. The second-order valence-corrected chi connectivity index (χ2v) is 12.2. The number of carbonyl (C=O) groups is 1. The van der Waals surface area contributed by atoms with Crippen LogP contribution in [-0.4, -0.2) is 62.5 Å². The summed E-state index contributed by atoms with van der Waals surface area (Å²) in [6.45, 7) is 1.39. The van der Waals surface area contributed by atoms with Crippen molar-refractivity contribution in [2.75, 3.05) is 18.4 Å². The lowest BCUT2D eigenvalue weighted by atomic mass is 10.1. The van der Waals surface area contributed by atoms with Crippen LogP contribution in [0.5, 0.6) is 0 Å². The summed E-state index contributed by atoms with van der Waals surface area (Å²) in [5.74, 6) is -1.00. The monoisotopic (exact) mass is 620 g/mol. The molecule has 0 bridgehead atoms. The van der Waals surface area contributed by atoms with Crippen LogP contribution in [0.1, 0.15) is 33.7 Å². The highest BCUT2D eigenvalue weighted by molar-refractivity contribution is 7.91. The zero-order valence-electron chi connectivity index (χ0n) is 20.7. The van der Waals surface area contributed by atoms with Gasteiger partial charge >= 0.3 is 12.4 Å². The van der Waals surface area contributed by atoms with Gasteiger partial charge < -0.3 is 5.11 Å². The minimum atomic E-state index is -4.97. The minimum Gasteiger partial charge on any atom is -0.392 e. The maximum atomic E-state index is 13.9. The standard InChI is InChI=1S/C23H18F6N6O4S2/c1-11-20(41(38,39)34-7-6-14(36)10-34)40-21(31-11)33-19(37)15-9-30-35-17(23(27,28)29)8-16(32-18(15)35)12-2-4-13(5-3-12)22(24,25)26/h2-5,8-9,14,36H,6-7,10H2,1H3,(H,31,33,37). The van der Waals surface area contributed by atoms with Crippen LogP contribution in [0.3, 0.4) is 0 Å². The van der Waals surface area contributed by atoms with Crippen LogP contribution in [0, 0.1) is 6.92 Å². The van der Waals surface area contributed by atoms with Crippen molar-refractivity contribution in [2.24, 2.45) is 0 Å². The molecule has 1 unspecified atom stereocenters. The summed E-state index contributed by atoms with van der Waals surface area (Å²) in [4.78, 5) is 21.2. The highest BCUT2D eigenvalue weighted by Gasteiger charge is 2.37. The second kappa shape index (κ2) is 10.0. The van der Waals surface area contributed by atoms with Crippen molar-refractivity contribution in [2.45, 2.75) is 36.0 Å². The van der Waals surface area contributed by atoms with Crippen molar-refractivity contribution in [3.05, 3.63) is 59.0 Å². The number of β-amino-alcohol motifs (C(OH)–C–C–N with tert-alkyl or cyclic N) is 1. The van der Waals surface area contributed by atoms with E-state index in [1.807, 2.05) is 0 Å². The summed E-state index contributed by atoms with van der Waals surface area (Å²) in [5, 5.41) is 15.5. The van der Waals surface area contributed by atoms with Gasteiger partial charge in [0.15, 0.2) is 20.7 Å². The minimum absolute atomic E-state index is 0.0635. The summed E-state index contributed by atoms with van der Waals surface area (Å²) >= 11 is 0.622. The van der Waals surface area contributed by atoms with Crippen LogP contribution < -0.4 is 5.32 Å². The van der Waals surface area contributed by atoms with Gasteiger partial charge in [0, 0.05) is 18.7 Å². The molecule has 3 aromatic heterocycles. The zero-order valence-corrected chi connectivity index (χ0v) is 22.3. The Morgan fingerprint density at radius 3 is 2.37 bits per heavy atom. The SMILES string of the molecule is Cc1nc(NC(=O)c2cnn3c(C(F)(F)F)cc(-c4ccc(C(F)(F)F)cc4)nc23)sc1S(=O)(=O)N1CCC(O)C1. The first-order chi connectivity index (χ1) is 19.1. The highest BCUT2D eigenvalue weighted by atomic mass is 32.2. The zero-order chi connectivity index (χ0) is 29.9. The number of hydrogen-bond donors (Lipinski definition) is 2. The fraction of sp³-hybridized carbons (Fsp3) is 0.304. The number of carbonyl (C=O) groups excluding carboxylic acids is 1. The van der Waals surface area contributed by atoms with Crippen LogP contribution in [0.4, 0.5) is 31.5 Å². The van der Waals surface area contributed by atoms with Gasteiger partial charge in [0.25, 0.3) is 15.9 Å². The van der Waals surface area contributed by atoms with Crippen LogP contribution in [0.15, 0.2) is 40.7 Å². The number of amides is 1. The molecule has 1 amide bonds. The van der Waals surface area contributed by atoms with E-state index in [0.717, 1.165) is 22.6 Å². The summed E-state index contributed by atoms with van der Waals surface area (Å²) in [6.07, 6.45) is -9.36. The maximum absolute atomic E-state index is 13.9. The van der Waals surface area contributed by atoms with Crippen molar-refractivity contribution in [3.8, 4) is 11.3 Å². The number of aromatic nitrogens is 4. The molecule has 41 heavy (non-hydrogen) atoms. The molecule has 2 N–H and O–H groups in total. The van der Waals surface area contributed by atoms with Gasteiger partial charge in [-0.1, -0.05) is 23.5 Å². The number of nitrogens with zero attached hydrogens (tertiary/aromatic N) is 5. The number of alkyl halides is 6. The number of rotatable bonds is 5. The number of benzene rings is 1. The molecule has 1 saturated heterocycles. The van der Waals surface area contributed by atoms with E-state index in [0.29, 0.717) is 34.1 Å². The summed E-state index contributed by atoms with van der Waals surface area (Å²) < 4.78 is 108. The van der Waals surface area contributed by atoms with Gasteiger partial charge in [-0.25, -0.2) is 22.9 Å². The first-order valence-corrected chi connectivity index (χ1v) is 13.9. The lowest BCUT2D eigenvalue weighted by Crippen LogP contribution is -2.29. The Bertz CT molecular complexity index is 1750. The fourth-order valence-corrected chi connectivity index (χ4v) is 7.23. The molecule has 0 spiro atoms. The van der Waals surface area contributed by atoms with Crippen molar-refractivity contribution in [3.63, 3.8) is 0 Å². The van der Waals surface area contributed by atoms with Crippen molar-refractivity contribution >= 4 is 38.0 Å². The number of sulfonamides is 1. The summed E-state index contributed by atoms with van der Waals surface area (Å²) in [6, 6.07) is 3.89. The quantitative estimate of drug-likeness (QED) is 0.320. The molecule has 18 heteroatoms.